The van der Waals surface area contributed by atoms with Crippen molar-refractivity contribution in [3.05, 3.63) is 53.3 Å². The molecule has 0 saturated carbocycles. The fourth-order valence-electron chi connectivity index (χ4n) is 8.10. The topological polar surface area (TPSA) is 112 Å². The van der Waals surface area contributed by atoms with Gasteiger partial charge in [-0.05, 0) is 63.4 Å². The zero-order valence-corrected chi connectivity index (χ0v) is 28.4. The molecule has 48 heavy (non-hydrogen) atoms. The SMILES string of the molecule is C=CC(=O)N1CCC(N(CC)c2nc(OC[C@@]34CCCN3C[C@H](F)C4)nc3c(Cl)c(-c4ccc(F)c5sc(N)c(C#N)c45)ccc23)[C@H]1C. The first kappa shape index (κ1) is 32.5. The van der Waals surface area contributed by atoms with E-state index in [0.717, 1.165) is 37.1 Å². The Morgan fingerprint density at radius 3 is 2.85 bits per heavy atom. The van der Waals surface area contributed by atoms with E-state index in [1.807, 2.05) is 30.9 Å². The fourth-order valence-corrected chi connectivity index (χ4v) is 9.36. The lowest BCUT2D eigenvalue weighted by molar-refractivity contribution is -0.126. The average Bonchev–Trinajstić information content (AvgIpc) is 3.82. The summed E-state index contributed by atoms with van der Waals surface area (Å²) in [6.45, 7) is 10.4. The lowest BCUT2D eigenvalue weighted by atomic mass is 9.95. The first-order valence-electron chi connectivity index (χ1n) is 16.2. The molecule has 9 nitrogen and oxygen atoms in total. The van der Waals surface area contributed by atoms with Crippen molar-refractivity contribution in [3.8, 4) is 23.2 Å². The van der Waals surface area contributed by atoms with Gasteiger partial charge >= 0.3 is 6.01 Å². The van der Waals surface area contributed by atoms with Gasteiger partial charge in [-0.1, -0.05) is 30.3 Å². The molecule has 2 aromatic carbocycles. The number of thiophene rings is 1. The number of alkyl halides is 1. The van der Waals surface area contributed by atoms with E-state index >= 15 is 0 Å². The van der Waals surface area contributed by atoms with Gasteiger partial charge in [0.2, 0.25) is 5.91 Å². The van der Waals surface area contributed by atoms with Gasteiger partial charge in [0.25, 0.3) is 0 Å². The van der Waals surface area contributed by atoms with Crippen molar-refractivity contribution in [1.82, 2.24) is 19.8 Å². The van der Waals surface area contributed by atoms with Gasteiger partial charge in [-0.2, -0.15) is 15.2 Å². The number of rotatable bonds is 8. The fraction of sp³-hybridized carbons (Fsp3) is 0.429. The molecule has 3 aliphatic rings. The highest BCUT2D eigenvalue weighted by atomic mass is 35.5. The Kier molecular flexibility index (Phi) is 8.42. The van der Waals surface area contributed by atoms with Crippen molar-refractivity contribution in [2.24, 2.45) is 0 Å². The number of nitriles is 1. The van der Waals surface area contributed by atoms with Crippen LogP contribution < -0.4 is 15.4 Å². The maximum absolute atomic E-state index is 14.9. The molecule has 4 aromatic rings. The number of nitrogen functional groups attached to an aromatic ring is 1. The largest absolute Gasteiger partial charge is 0.461 e. The number of benzene rings is 2. The van der Waals surface area contributed by atoms with Crippen LogP contribution in [0.2, 0.25) is 5.02 Å². The number of nitrogens with two attached hydrogens (primary N) is 1. The zero-order valence-electron chi connectivity index (χ0n) is 26.8. The Bertz CT molecular complexity index is 2000. The number of anilines is 2. The molecule has 4 atom stereocenters. The van der Waals surface area contributed by atoms with Crippen molar-refractivity contribution in [2.75, 3.05) is 43.4 Å². The van der Waals surface area contributed by atoms with Crippen LogP contribution in [0.25, 0.3) is 32.1 Å². The molecule has 0 aliphatic carbocycles. The van der Waals surface area contributed by atoms with E-state index in [9.17, 15) is 18.8 Å². The number of likely N-dealkylation sites (N-methyl/N-ethyl adjacent to an activating group) is 1. The Labute approximate surface area is 286 Å². The van der Waals surface area contributed by atoms with Crippen LogP contribution in [0.5, 0.6) is 6.01 Å². The van der Waals surface area contributed by atoms with Crippen molar-refractivity contribution < 1.29 is 18.3 Å². The molecule has 5 heterocycles. The Morgan fingerprint density at radius 2 is 2.10 bits per heavy atom. The molecule has 3 aliphatic heterocycles. The second-order valence-corrected chi connectivity index (χ2v) is 14.3. The average molecular weight is 692 g/mol. The van der Waals surface area contributed by atoms with Gasteiger partial charge in [0.1, 0.15) is 35.5 Å². The van der Waals surface area contributed by atoms with E-state index in [1.165, 1.54) is 12.1 Å². The summed E-state index contributed by atoms with van der Waals surface area (Å²) < 4.78 is 36.2. The molecule has 13 heteroatoms. The van der Waals surface area contributed by atoms with Crippen molar-refractivity contribution in [3.63, 3.8) is 0 Å². The first-order chi connectivity index (χ1) is 23.1. The summed E-state index contributed by atoms with van der Waals surface area (Å²) in [6, 6.07) is 8.72. The minimum atomic E-state index is -0.906. The lowest BCUT2D eigenvalue weighted by Crippen LogP contribution is -2.45. The van der Waals surface area contributed by atoms with Gasteiger partial charge in [0.15, 0.2) is 0 Å². The summed E-state index contributed by atoms with van der Waals surface area (Å²) in [4.78, 5) is 28.6. The van der Waals surface area contributed by atoms with Crippen LogP contribution in [0, 0.1) is 17.1 Å². The number of nitrogens with zero attached hydrogens (tertiary/aromatic N) is 6. The van der Waals surface area contributed by atoms with Crippen LogP contribution in [0.3, 0.4) is 0 Å². The standard InChI is InChI=1S/C35H36ClF2N7O2S/c1-4-27(46)45-14-11-26(19(45)3)44(5-2)33-23-8-7-22(21-9-10-25(38)31-28(21)24(16-39)32(40)48-31)29(36)30(23)41-34(42-33)47-18-35-12-6-13-43(35)17-20(37)15-35/h4,7-10,19-20,26H,1,5-6,11-15,17-18,40H2,2-3H3/t19-,20-,26?,35+/m1/s1. The number of likely N-dealkylation sites (tertiary alicyclic amines) is 1. The lowest BCUT2D eigenvalue weighted by Gasteiger charge is -2.34. The first-order valence-corrected chi connectivity index (χ1v) is 17.4. The highest BCUT2D eigenvalue weighted by Crippen LogP contribution is 2.46. The molecular formula is C35H36ClF2N7O2S. The summed E-state index contributed by atoms with van der Waals surface area (Å²) in [5.41, 5.74) is 7.45. The van der Waals surface area contributed by atoms with Gasteiger partial charge in [-0.25, -0.2) is 8.78 Å². The number of fused-ring (bicyclic) bond motifs is 3. The summed E-state index contributed by atoms with van der Waals surface area (Å²) in [6.07, 6.45) is 3.36. The molecular weight excluding hydrogens is 656 g/mol. The van der Waals surface area contributed by atoms with Crippen molar-refractivity contribution >= 4 is 60.7 Å². The predicted octanol–water partition coefficient (Wildman–Crippen LogP) is 6.71. The number of amides is 1. The molecule has 3 saturated heterocycles. The highest BCUT2D eigenvalue weighted by molar-refractivity contribution is 7.23. The third kappa shape index (κ3) is 5.14. The second-order valence-electron chi connectivity index (χ2n) is 12.9. The van der Waals surface area contributed by atoms with Crippen LogP contribution in [0.4, 0.5) is 19.6 Å². The Morgan fingerprint density at radius 1 is 1.31 bits per heavy atom. The number of halogens is 3. The summed E-state index contributed by atoms with van der Waals surface area (Å²) in [7, 11) is 0. The van der Waals surface area contributed by atoms with Crippen molar-refractivity contribution in [2.45, 2.75) is 63.3 Å². The maximum Gasteiger partial charge on any atom is 0.319 e. The number of hydrogen-bond acceptors (Lipinski definition) is 9. The van der Waals surface area contributed by atoms with Gasteiger partial charge in [0, 0.05) is 48.4 Å². The van der Waals surface area contributed by atoms with Gasteiger partial charge in [-0.3, -0.25) is 9.69 Å². The monoisotopic (exact) mass is 691 g/mol. The normalized spacial score (nSPS) is 23.9. The molecule has 0 spiro atoms. The quantitative estimate of drug-likeness (QED) is 0.203. The molecule has 3 fully saturated rings. The molecule has 0 radical (unpaired) electrons. The molecule has 1 amide bonds. The van der Waals surface area contributed by atoms with Crippen LogP contribution in [-0.4, -0.2) is 82.3 Å². The van der Waals surface area contributed by atoms with Gasteiger partial charge in [0.05, 0.1) is 32.4 Å². The van der Waals surface area contributed by atoms with Crippen molar-refractivity contribution in [1.29, 1.82) is 5.26 Å². The highest BCUT2D eigenvalue weighted by Gasteiger charge is 2.49. The smallest absolute Gasteiger partial charge is 0.319 e. The molecule has 7 rings (SSSR count). The molecule has 2 N–H and O–H groups in total. The molecule has 250 valence electrons. The maximum atomic E-state index is 14.9. The van der Waals surface area contributed by atoms with Gasteiger partial charge in [-0.15, -0.1) is 11.3 Å². The number of ether oxygens (including phenoxy) is 1. The molecule has 2 aromatic heterocycles. The summed E-state index contributed by atoms with van der Waals surface area (Å²) in [5.74, 6) is 0.0121. The van der Waals surface area contributed by atoms with E-state index in [4.69, 9.17) is 32.0 Å². The second kappa shape index (κ2) is 12.4. The minimum Gasteiger partial charge on any atom is -0.461 e. The predicted molar refractivity (Wildman–Crippen MR) is 186 cm³/mol. The summed E-state index contributed by atoms with van der Waals surface area (Å²) >= 11 is 8.25. The van der Waals surface area contributed by atoms with Crippen LogP contribution in [0.1, 0.15) is 45.1 Å². The molecule has 0 bridgehead atoms. The minimum absolute atomic E-state index is 0.0574. The van der Waals surface area contributed by atoms with E-state index < -0.39 is 17.5 Å². The Balaban J connectivity index is 1.37. The van der Waals surface area contributed by atoms with Crippen LogP contribution in [0.15, 0.2) is 36.9 Å². The van der Waals surface area contributed by atoms with E-state index in [-0.39, 0.29) is 50.9 Å². The van der Waals surface area contributed by atoms with E-state index in [2.05, 4.69) is 22.4 Å². The third-order valence-electron chi connectivity index (χ3n) is 10.4. The number of aromatic nitrogens is 2. The molecule has 1 unspecified atom stereocenters. The number of carbonyl (C=O) groups is 1. The zero-order chi connectivity index (χ0) is 33.9. The van der Waals surface area contributed by atoms with E-state index in [0.29, 0.717) is 59.3 Å². The van der Waals surface area contributed by atoms with Gasteiger partial charge < -0.3 is 20.3 Å². The number of carbonyl (C=O) groups excluding carboxylic acids is 1. The van der Waals surface area contributed by atoms with Crippen LogP contribution >= 0.6 is 22.9 Å². The van der Waals surface area contributed by atoms with E-state index in [1.54, 1.807) is 6.07 Å². The van der Waals surface area contributed by atoms with Crippen LogP contribution in [-0.2, 0) is 4.79 Å². The third-order valence-corrected chi connectivity index (χ3v) is 11.8. The number of hydrogen-bond donors (Lipinski definition) is 1. The summed E-state index contributed by atoms with van der Waals surface area (Å²) in [5, 5.41) is 11.5. The Hall–Kier alpha value is -4.05.